The minimum absolute atomic E-state index is 0. The van der Waals surface area contributed by atoms with Crippen molar-refractivity contribution >= 4 is 39.7 Å². The molecule has 9 heteroatoms. The van der Waals surface area contributed by atoms with E-state index in [-0.39, 0.29) is 24.7 Å². The van der Waals surface area contributed by atoms with Gasteiger partial charge in [0, 0.05) is 31.1 Å². The molecule has 2 rings (SSSR count). The molecule has 132 valence electrons. The Morgan fingerprint density at radius 3 is 2.61 bits per heavy atom. The summed E-state index contributed by atoms with van der Waals surface area (Å²) in [6.07, 6.45) is 2.07. The zero-order valence-electron chi connectivity index (χ0n) is 13.2. The van der Waals surface area contributed by atoms with Crippen molar-refractivity contribution in [1.29, 1.82) is 0 Å². The van der Waals surface area contributed by atoms with Gasteiger partial charge in [0.25, 0.3) is 10.0 Å². The van der Waals surface area contributed by atoms with Crippen molar-refractivity contribution in [2.75, 3.05) is 32.7 Å². The largest absolute Gasteiger partial charge is 0.355 e. The predicted octanol–water partition coefficient (Wildman–Crippen LogP) is 1.22. The molecule has 0 saturated carbocycles. The van der Waals surface area contributed by atoms with Crippen molar-refractivity contribution in [3.05, 3.63) is 17.0 Å². The fourth-order valence-corrected chi connectivity index (χ4v) is 5.36. The molecule has 0 bridgehead atoms. The molecule has 1 amide bonds. The summed E-state index contributed by atoms with van der Waals surface area (Å²) >= 11 is 1.19. The van der Waals surface area contributed by atoms with Gasteiger partial charge in [0.2, 0.25) is 5.91 Å². The van der Waals surface area contributed by atoms with Gasteiger partial charge in [-0.25, -0.2) is 8.42 Å². The van der Waals surface area contributed by atoms with Gasteiger partial charge in [-0.1, -0.05) is 6.92 Å². The van der Waals surface area contributed by atoms with Gasteiger partial charge in [-0.15, -0.1) is 23.7 Å². The van der Waals surface area contributed by atoms with Crippen LogP contribution in [0.2, 0.25) is 0 Å². The maximum Gasteiger partial charge on any atom is 0.252 e. The van der Waals surface area contributed by atoms with E-state index in [1.807, 2.05) is 6.92 Å². The minimum Gasteiger partial charge on any atom is -0.355 e. The highest BCUT2D eigenvalue weighted by Crippen LogP contribution is 2.27. The number of likely N-dealkylation sites (N-methyl/N-ethyl adjacent to an activating group) is 1. The lowest BCUT2D eigenvalue weighted by molar-refractivity contribution is -0.120. The molecule has 1 aromatic rings. The van der Waals surface area contributed by atoms with Gasteiger partial charge in [-0.05, 0) is 31.5 Å². The summed E-state index contributed by atoms with van der Waals surface area (Å²) in [7, 11) is -3.37. The molecular formula is C14H24ClN3O3S2. The van der Waals surface area contributed by atoms with Gasteiger partial charge < -0.3 is 10.6 Å². The summed E-state index contributed by atoms with van der Waals surface area (Å²) in [4.78, 5) is 12.6. The van der Waals surface area contributed by atoms with Gasteiger partial charge in [-0.2, -0.15) is 4.31 Å². The third-order valence-corrected chi connectivity index (χ3v) is 6.96. The molecule has 0 radical (unpaired) electrons. The van der Waals surface area contributed by atoms with Crippen LogP contribution in [0.1, 0.15) is 24.6 Å². The molecule has 1 saturated heterocycles. The molecular weight excluding hydrogens is 358 g/mol. The Morgan fingerprint density at radius 1 is 1.26 bits per heavy atom. The smallest absolute Gasteiger partial charge is 0.252 e. The van der Waals surface area contributed by atoms with Crippen LogP contribution in [0.25, 0.3) is 0 Å². The zero-order valence-corrected chi connectivity index (χ0v) is 15.7. The number of nitrogens with zero attached hydrogens (tertiary/aromatic N) is 1. The van der Waals surface area contributed by atoms with Crippen LogP contribution in [-0.4, -0.2) is 51.4 Å². The van der Waals surface area contributed by atoms with E-state index in [1.165, 1.54) is 15.6 Å². The molecule has 6 nitrogen and oxygen atoms in total. The van der Waals surface area contributed by atoms with Crippen LogP contribution in [0.5, 0.6) is 0 Å². The maximum atomic E-state index is 12.4. The van der Waals surface area contributed by atoms with E-state index in [4.69, 9.17) is 0 Å². The molecule has 0 aliphatic carbocycles. The van der Waals surface area contributed by atoms with Crippen LogP contribution in [-0.2, 0) is 21.2 Å². The summed E-state index contributed by atoms with van der Waals surface area (Å²) in [6, 6.07) is 3.34. The number of carbonyl (C=O) groups excluding carboxylic acids is 1. The van der Waals surface area contributed by atoms with E-state index in [2.05, 4.69) is 10.6 Å². The monoisotopic (exact) mass is 381 g/mol. The zero-order chi connectivity index (χ0) is 16.0. The Labute approximate surface area is 148 Å². The molecule has 2 heterocycles. The lowest BCUT2D eigenvalue weighted by atomic mass is 10.3. The van der Waals surface area contributed by atoms with E-state index in [1.54, 1.807) is 12.1 Å². The first-order chi connectivity index (χ1) is 10.5. The molecule has 0 spiro atoms. The number of thiophene rings is 1. The highest BCUT2D eigenvalue weighted by Gasteiger charge is 2.28. The van der Waals surface area contributed by atoms with Gasteiger partial charge in [0.1, 0.15) is 4.21 Å². The molecule has 1 fully saturated rings. The van der Waals surface area contributed by atoms with Crippen molar-refractivity contribution in [2.24, 2.45) is 0 Å². The topological polar surface area (TPSA) is 78.5 Å². The second-order valence-electron chi connectivity index (χ2n) is 5.21. The van der Waals surface area contributed by atoms with Gasteiger partial charge >= 0.3 is 0 Å². The summed E-state index contributed by atoms with van der Waals surface area (Å²) in [5.74, 6) is -0.0788. The fraction of sp³-hybridized carbons (Fsp3) is 0.643. The number of sulfonamides is 1. The predicted molar refractivity (Wildman–Crippen MR) is 94.8 cm³/mol. The van der Waals surface area contributed by atoms with Gasteiger partial charge in [0.05, 0.1) is 6.42 Å². The number of hydrogen-bond acceptors (Lipinski definition) is 5. The van der Waals surface area contributed by atoms with Crippen molar-refractivity contribution in [3.63, 3.8) is 0 Å². The minimum atomic E-state index is -3.37. The van der Waals surface area contributed by atoms with Gasteiger partial charge in [-0.3, -0.25) is 4.79 Å². The number of halogens is 1. The first kappa shape index (κ1) is 20.4. The molecule has 1 aliphatic rings. The molecule has 0 atom stereocenters. The van der Waals surface area contributed by atoms with Crippen LogP contribution in [0.4, 0.5) is 0 Å². The normalized spacial score (nSPS) is 15.3. The average molecular weight is 382 g/mol. The highest BCUT2D eigenvalue weighted by atomic mass is 35.5. The van der Waals surface area contributed by atoms with Crippen molar-refractivity contribution in [2.45, 2.75) is 30.4 Å². The van der Waals surface area contributed by atoms with Crippen LogP contribution in [0.3, 0.4) is 0 Å². The summed E-state index contributed by atoms with van der Waals surface area (Å²) in [5, 5.41) is 5.94. The molecule has 23 heavy (non-hydrogen) atoms. The van der Waals surface area contributed by atoms with E-state index in [0.29, 0.717) is 23.8 Å². The Balaban J connectivity index is 0.00000264. The first-order valence-electron chi connectivity index (χ1n) is 7.60. The maximum absolute atomic E-state index is 12.4. The van der Waals surface area contributed by atoms with Crippen LogP contribution in [0.15, 0.2) is 16.3 Å². The molecule has 0 unspecified atom stereocenters. The standard InChI is InChI=1S/C14H23N3O3S2.ClH/c1-2-15-7-8-16-13(18)11-12-5-6-14(21-12)22(19,20)17-9-3-4-10-17;/h5-6,15H,2-4,7-11H2,1H3,(H,16,18);1H. The number of amides is 1. The van der Waals surface area contributed by atoms with Crippen molar-refractivity contribution in [1.82, 2.24) is 14.9 Å². The second-order valence-corrected chi connectivity index (χ2v) is 8.55. The highest BCUT2D eigenvalue weighted by molar-refractivity contribution is 7.91. The van der Waals surface area contributed by atoms with Crippen molar-refractivity contribution < 1.29 is 13.2 Å². The molecule has 1 aliphatic heterocycles. The average Bonchev–Trinajstić information content (AvgIpc) is 3.15. The Bertz CT molecular complexity index is 598. The van der Waals surface area contributed by atoms with Crippen LogP contribution < -0.4 is 10.6 Å². The van der Waals surface area contributed by atoms with E-state index < -0.39 is 10.0 Å². The van der Waals surface area contributed by atoms with E-state index >= 15 is 0 Å². The Morgan fingerprint density at radius 2 is 1.96 bits per heavy atom. The number of nitrogens with one attached hydrogen (secondary N) is 2. The fourth-order valence-electron chi connectivity index (χ4n) is 2.34. The van der Waals surface area contributed by atoms with E-state index in [0.717, 1.165) is 30.8 Å². The molecule has 0 aromatic carbocycles. The summed E-state index contributed by atoms with van der Waals surface area (Å²) < 4.78 is 26.7. The number of rotatable bonds is 8. The second kappa shape index (κ2) is 9.58. The summed E-state index contributed by atoms with van der Waals surface area (Å²) in [6.45, 7) is 5.40. The third-order valence-electron chi connectivity index (χ3n) is 3.50. The number of hydrogen-bond donors (Lipinski definition) is 2. The molecule has 1 aromatic heterocycles. The summed E-state index contributed by atoms with van der Waals surface area (Å²) in [5.41, 5.74) is 0. The SMILES string of the molecule is CCNCCNC(=O)Cc1ccc(S(=O)(=O)N2CCCC2)s1.Cl. The third kappa shape index (κ3) is 5.72. The Hall–Kier alpha value is -0.670. The Kier molecular flexibility index (Phi) is 8.49. The quantitative estimate of drug-likeness (QED) is 0.664. The van der Waals surface area contributed by atoms with Crippen LogP contribution >= 0.6 is 23.7 Å². The van der Waals surface area contributed by atoms with Gasteiger partial charge in [0.15, 0.2) is 0 Å². The number of carbonyl (C=O) groups is 1. The lowest BCUT2D eigenvalue weighted by Gasteiger charge is -2.13. The van der Waals surface area contributed by atoms with Crippen LogP contribution in [0, 0.1) is 0 Å². The van der Waals surface area contributed by atoms with E-state index in [9.17, 15) is 13.2 Å². The molecule has 2 N–H and O–H groups in total. The van der Waals surface area contributed by atoms with Crippen molar-refractivity contribution in [3.8, 4) is 0 Å². The first-order valence-corrected chi connectivity index (χ1v) is 9.86. The lowest BCUT2D eigenvalue weighted by Crippen LogP contribution is -2.32.